The third-order valence-corrected chi connectivity index (χ3v) is 1.77. The monoisotopic (exact) mass is 234 g/mol. The van der Waals surface area contributed by atoms with Crippen molar-refractivity contribution < 1.29 is 34.8 Å². The van der Waals surface area contributed by atoms with Crippen molar-refractivity contribution in [2.24, 2.45) is 0 Å². The van der Waals surface area contributed by atoms with Gasteiger partial charge >= 0.3 is 5.97 Å². The van der Waals surface area contributed by atoms with Crippen molar-refractivity contribution in [1.82, 2.24) is 0 Å². The average molecular weight is 234 g/mol. The molecule has 4 N–H and O–H groups in total. The summed E-state index contributed by atoms with van der Waals surface area (Å²) in [6, 6.07) is 0. The van der Waals surface area contributed by atoms with Crippen molar-refractivity contribution in [3.05, 3.63) is 12.7 Å². The lowest BCUT2D eigenvalue weighted by molar-refractivity contribution is -0.151. The van der Waals surface area contributed by atoms with Gasteiger partial charge in [-0.3, -0.25) is 4.79 Å². The van der Waals surface area contributed by atoms with Crippen LogP contribution >= 0.6 is 0 Å². The van der Waals surface area contributed by atoms with E-state index in [2.05, 4.69) is 11.3 Å². The molecular weight excluding hydrogens is 220 g/mol. The molecule has 0 rings (SSSR count). The summed E-state index contributed by atoms with van der Waals surface area (Å²) in [7, 11) is 0. The van der Waals surface area contributed by atoms with Crippen LogP contribution in [0.25, 0.3) is 0 Å². The first-order valence-corrected chi connectivity index (χ1v) is 4.41. The van der Waals surface area contributed by atoms with Gasteiger partial charge in [-0.05, 0) is 0 Å². The molecule has 0 bridgehead atoms. The van der Waals surface area contributed by atoms with Gasteiger partial charge in [0.05, 0.1) is 0 Å². The van der Waals surface area contributed by atoms with Gasteiger partial charge < -0.3 is 25.2 Å². The van der Waals surface area contributed by atoms with Crippen molar-refractivity contribution in [3.8, 4) is 0 Å². The fraction of sp³-hybridized carbons (Fsp3) is 0.556. The summed E-state index contributed by atoms with van der Waals surface area (Å²) in [6.45, 7) is 1.55. The van der Waals surface area contributed by atoms with Crippen LogP contribution in [0.4, 0.5) is 0 Å². The zero-order valence-electron chi connectivity index (χ0n) is 8.44. The molecule has 0 aromatic heterocycles. The van der Waals surface area contributed by atoms with Gasteiger partial charge in [0.15, 0.2) is 5.78 Å². The molecule has 0 saturated carbocycles. The van der Waals surface area contributed by atoms with Crippen molar-refractivity contribution in [3.63, 3.8) is 0 Å². The molecule has 0 spiro atoms. The molecule has 0 unspecified atom stereocenters. The third-order valence-electron chi connectivity index (χ3n) is 1.77. The maximum Gasteiger partial charge on any atom is 0.330 e. The molecule has 0 heterocycles. The second kappa shape index (κ2) is 7.07. The SMILES string of the molecule is C=CC(=O)OC[C@@H](O)[C@@H](O)[C@H](O)C(=O)CO. The van der Waals surface area contributed by atoms with E-state index in [1.807, 2.05) is 0 Å². The largest absolute Gasteiger partial charge is 0.460 e. The number of ether oxygens (including phenoxy) is 1. The minimum absolute atomic E-state index is 0.595. The number of aliphatic hydroxyl groups is 4. The van der Waals surface area contributed by atoms with Gasteiger partial charge in [-0.2, -0.15) is 0 Å². The Balaban J connectivity index is 4.16. The van der Waals surface area contributed by atoms with Gasteiger partial charge in [0, 0.05) is 6.08 Å². The Morgan fingerprint density at radius 3 is 2.31 bits per heavy atom. The zero-order chi connectivity index (χ0) is 12.7. The molecule has 7 heteroatoms. The number of carbonyl (C=O) groups excluding carboxylic acids is 2. The Hall–Kier alpha value is -1.28. The predicted octanol–water partition coefficient (Wildman–Crippen LogP) is -2.64. The molecular formula is C9H14O7. The van der Waals surface area contributed by atoms with E-state index in [4.69, 9.17) is 10.2 Å². The highest BCUT2D eigenvalue weighted by molar-refractivity contribution is 5.84. The predicted molar refractivity (Wildman–Crippen MR) is 51.3 cm³/mol. The summed E-state index contributed by atoms with van der Waals surface area (Å²) in [6.07, 6.45) is -4.54. The van der Waals surface area contributed by atoms with Crippen LogP contribution in [-0.4, -0.2) is 63.7 Å². The van der Waals surface area contributed by atoms with Gasteiger partial charge in [-0.25, -0.2) is 4.79 Å². The third kappa shape index (κ3) is 4.49. The Labute approximate surface area is 91.6 Å². The summed E-state index contributed by atoms with van der Waals surface area (Å²) in [5.41, 5.74) is 0. The fourth-order valence-corrected chi connectivity index (χ4v) is 0.819. The van der Waals surface area contributed by atoms with Crippen LogP contribution in [0.1, 0.15) is 0 Å². The summed E-state index contributed by atoms with van der Waals surface area (Å²) in [4.78, 5) is 21.4. The van der Waals surface area contributed by atoms with Gasteiger partial charge in [-0.15, -0.1) is 0 Å². The molecule has 7 nitrogen and oxygen atoms in total. The average Bonchev–Trinajstić information content (AvgIpc) is 2.32. The van der Waals surface area contributed by atoms with Crippen molar-refractivity contribution in [1.29, 1.82) is 0 Å². The van der Waals surface area contributed by atoms with Gasteiger partial charge in [0.25, 0.3) is 0 Å². The zero-order valence-corrected chi connectivity index (χ0v) is 8.44. The van der Waals surface area contributed by atoms with E-state index in [9.17, 15) is 19.8 Å². The molecule has 0 aromatic carbocycles. The standard InChI is InChI=1S/C9H14O7/c1-2-7(13)16-4-6(12)9(15)8(14)5(11)3-10/h2,6,8-10,12,14-15H,1,3-4H2/t6-,8-,9-/m1/s1. The number of Topliss-reactive ketones (excluding diaryl/α,β-unsaturated/α-hetero) is 1. The first-order valence-electron chi connectivity index (χ1n) is 4.41. The molecule has 3 atom stereocenters. The second-order valence-corrected chi connectivity index (χ2v) is 2.96. The van der Waals surface area contributed by atoms with Gasteiger partial charge in [-0.1, -0.05) is 6.58 Å². The highest BCUT2D eigenvalue weighted by Crippen LogP contribution is 2.02. The van der Waals surface area contributed by atoms with E-state index in [0.717, 1.165) is 6.08 Å². The van der Waals surface area contributed by atoms with E-state index >= 15 is 0 Å². The van der Waals surface area contributed by atoms with Gasteiger partial charge in [0.1, 0.15) is 31.5 Å². The van der Waals surface area contributed by atoms with Crippen LogP contribution < -0.4 is 0 Å². The number of hydrogen-bond acceptors (Lipinski definition) is 7. The highest BCUT2D eigenvalue weighted by atomic mass is 16.5. The van der Waals surface area contributed by atoms with E-state index in [0.29, 0.717) is 0 Å². The maximum atomic E-state index is 10.8. The first kappa shape index (κ1) is 14.7. The van der Waals surface area contributed by atoms with Crippen LogP contribution in [0.5, 0.6) is 0 Å². The number of hydrogen-bond donors (Lipinski definition) is 4. The molecule has 0 aliphatic heterocycles. The number of aliphatic hydroxyl groups excluding tert-OH is 4. The molecule has 0 aliphatic rings. The van der Waals surface area contributed by atoms with Crippen LogP contribution in [-0.2, 0) is 14.3 Å². The highest BCUT2D eigenvalue weighted by Gasteiger charge is 2.30. The van der Waals surface area contributed by atoms with Crippen LogP contribution in [0.3, 0.4) is 0 Å². The second-order valence-electron chi connectivity index (χ2n) is 2.96. The topological polar surface area (TPSA) is 124 Å². The molecule has 0 saturated heterocycles. The van der Waals surface area contributed by atoms with E-state index in [1.54, 1.807) is 0 Å². The van der Waals surface area contributed by atoms with Crippen molar-refractivity contribution >= 4 is 11.8 Å². The Morgan fingerprint density at radius 1 is 1.31 bits per heavy atom. The first-order chi connectivity index (χ1) is 7.43. The van der Waals surface area contributed by atoms with Crippen LogP contribution in [0, 0.1) is 0 Å². The Kier molecular flexibility index (Phi) is 6.50. The summed E-state index contributed by atoms with van der Waals surface area (Å²) in [5.74, 6) is -1.85. The molecule has 0 radical (unpaired) electrons. The summed E-state index contributed by atoms with van der Waals surface area (Å²) in [5, 5.41) is 35.9. The molecule has 16 heavy (non-hydrogen) atoms. The molecule has 92 valence electrons. The minimum Gasteiger partial charge on any atom is -0.460 e. The molecule has 0 amide bonds. The van der Waals surface area contributed by atoms with Crippen molar-refractivity contribution in [2.45, 2.75) is 18.3 Å². The fourth-order valence-electron chi connectivity index (χ4n) is 0.819. The maximum absolute atomic E-state index is 10.8. The van der Waals surface area contributed by atoms with Gasteiger partial charge in [0.2, 0.25) is 0 Å². The number of ketones is 1. The quantitative estimate of drug-likeness (QED) is 0.280. The van der Waals surface area contributed by atoms with Crippen LogP contribution in [0.15, 0.2) is 12.7 Å². The number of rotatable bonds is 7. The lowest BCUT2D eigenvalue weighted by atomic mass is 10.1. The minimum atomic E-state index is -1.93. The number of esters is 1. The summed E-state index contributed by atoms with van der Waals surface area (Å²) >= 11 is 0. The van der Waals surface area contributed by atoms with Crippen LogP contribution in [0.2, 0.25) is 0 Å². The molecule has 0 aromatic rings. The lowest BCUT2D eigenvalue weighted by Gasteiger charge is -2.20. The Morgan fingerprint density at radius 2 is 1.88 bits per heavy atom. The summed E-state index contributed by atoms with van der Waals surface area (Å²) < 4.78 is 4.39. The number of carbonyl (C=O) groups is 2. The van der Waals surface area contributed by atoms with E-state index < -0.39 is 43.3 Å². The van der Waals surface area contributed by atoms with E-state index in [-0.39, 0.29) is 0 Å². The molecule has 0 fully saturated rings. The lowest BCUT2D eigenvalue weighted by Crippen LogP contribution is -2.45. The normalized spacial score (nSPS) is 16.0. The van der Waals surface area contributed by atoms with E-state index in [1.165, 1.54) is 0 Å². The smallest absolute Gasteiger partial charge is 0.330 e. The molecule has 0 aliphatic carbocycles. The Bertz CT molecular complexity index is 263. The van der Waals surface area contributed by atoms with Crippen molar-refractivity contribution in [2.75, 3.05) is 13.2 Å².